The molecule has 1 atom stereocenters. The number of imidazole rings is 1. The van der Waals surface area contributed by atoms with Crippen LogP contribution in [0.5, 0.6) is 5.75 Å². The van der Waals surface area contributed by atoms with Crippen LogP contribution in [0.2, 0.25) is 5.15 Å². The third-order valence-corrected chi connectivity index (χ3v) is 4.87. The predicted molar refractivity (Wildman–Crippen MR) is 110 cm³/mol. The first-order valence-electron chi connectivity index (χ1n) is 9.21. The molecule has 0 radical (unpaired) electrons. The van der Waals surface area contributed by atoms with E-state index in [1.165, 1.54) is 17.8 Å². The van der Waals surface area contributed by atoms with Gasteiger partial charge in [0, 0.05) is 18.8 Å². The Morgan fingerprint density at radius 2 is 2.00 bits per heavy atom. The number of nitrogens with zero attached hydrogens (tertiary/aromatic N) is 3. The zero-order valence-corrected chi connectivity index (χ0v) is 18.1. The van der Waals surface area contributed by atoms with Crippen LogP contribution >= 0.6 is 11.6 Å². The molecule has 0 aliphatic rings. The molecule has 1 unspecified atom stereocenters. The molecule has 3 rings (SSSR count). The fourth-order valence-electron chi connectivity index (χ4n) is 2.83. The van der Waals surface area contributed by atoms with Crippen LogP contribution in [0.1, 0.15) is 33.6 Å². The average Bonchev–Trinajstić information content (AvgIpc) is 3.25. The molecule has 2 aromatic heterocycles. The molecule has 3 aromatic rings. The van der Waals surface area contributed by atoms with E-state index < -0.39 is 41.2 Å². The quantitative estimate of drug-likeness (QED) is 0.457. The maximum absolute atomic E-state index is 15.0. The lowest BCUT2D eigenvalue weighted by Crippen LogP contribution is -2.32. The standard InChI is InChI=1S/C19H17ClF4N6O3/c1-7-14(15(20)29-28-7)27-18(32)10-4-11(21)9(5-13(10)33-8(2)19(22,23)24)12-6-30(3)17(26-12)16(25)31/h4-6,8H,1-3H3,(H2,25,31)(H,27,32)(H,28,29). The van der Waals surface area contributed by atoms with Crippen molar-refractivity contribution in [3.8, 4) is 17.0 Å². The molecule has 0 fully saturated rings. The zero-order valence-electron chi connectivity index (χ0n) is 17.3. The van der Waals surface area contributed by atoms with Crippen molar-refractivity contribution in [3.05, 3.63) is 46.4 Å². The summed E-state index contributed by atoms with van der Waals surface area (Å²) in [4.78, 5) is 28.2. The highest BCUT2D eigenvalue weighted by molar-refractivity contribution is 6.33. The number of carbonyl (C=O) groups is 2. The van der Waals surface area contributed by atoms with Crippen LogP contribution < -0.4 is 15.8 Å². The summed E-state index contributed by atoms with van der Waals surface area (Å²) in [5.74, 6) is -3.67. The number of H-pyrrole nitrogens is 1. The van der Waals surface area contributed by atoms with Gasteiger partial charge in [-0.25, -0.2) is 9.37 Å². The van der Waals surface area contributed by atoms with E-state index in [1.54, 1.807) is 6.92 Å². The molecular weight excluding hydrogens is 472 g/mol. The number of aromatic amines is 1. The summed E-state index contributed by atoms with van der Waals surface area (Å²) >= 11 is 5.88. The Kier molecular flexibility index (Phi) is 6.36. The van der Waals surface area contributed by atoms with Crippen LogP contribution in [0.3, 0.4) is 0 Å². The number of aromatic nitrogens is 4. The number of hydrogen-bond donors (Lipinski definition) is 3. The van der Waals surface area contributed by atoms with Crippen LogP contribution in [-0.4, -0.2) is 43.8 Å². The predicted octanol–water partition coefficient (Wildman–Crippen LogP) is 3.59. The minimum Gasteiger partial charge on any atom is -0.480 e. The van der Waals surface area contributed by atoms with Gasteiger partial charge in [0.15, 0.2) is 17.1 Å². The molecule has 9 nitrogen and oxygen atoms in total. The molecule has 0 bridgehead atoms. The molecule has 0 saturated heterocycles. The van der Waals surface area contributed by atoms with Gasteiger partial charge in [0.1, 0.15) is 17.3 Å². The lowest BCUT2D eigenvalue weighted by atomic mass is 10.1. The zero-order chi connectivity index (χ0) is 24.7. The number of aryl methyl sites for hydroxylation is 2. The fourth-order valence-corrected chi connectivity index (χ4v) is 3.06. The lowest BCUT2D eigenvalue weighted by molar-refractivity contribution is -0.189. The minimum absolute atomic E-state index is 0.0665. The van der Waals surface area contributed by atoms with E-state index in [2.05, 4.69) is 20.5 Å². The Morgan fingerprint density at radius 1 is 1.33 bits per heavy atom. The van der Waals surface area contributed by atoms with Crippen molar-refractivity contribution in [2.24, 2.45) is 12.8 Å². The second-order valence-electron chi connectivity index (χ2n) is 7.02. The molecule has 14 heteroatoms. The third-order valence-electron chi connectivity index (χ3n) is 4.59. The number of benzene rings is 1. The van der Waals surface area contributed by atoms with Crippen LogP contribution in [-0.2, 0) is 7.05 Å². The second-order valence-corrected chi connectivity index (χ2v) is 7.38. The Balaban J connectivity index is 2.10. The number of carbonyl (C=O) groups excluding carboxylic acids is 2. The maximum atomic E-state index is 15.0. The van der Waals surface area contributed by atoms with E-state index >= 15 is 0 Å². The third kappa shape index (κ3) is 4.92. The van der Waals surface area contributed by atoms with Crippen LogP contribution in [0.25, 0.3) is 11.3 Å². The van der Waals surface area contributed by atoms with Gasteiger partial charge in [-0.2, -0.15) is 18.3 Å². The monoisotopic (exact) mass is 488 g/mol. The average molecular weight is 489 g/mol. The number of anilines is 1. The Labute approximate surface area is 188 Å². The van der Waals surface area contributed by atoms with Crippen molar-refractivity contribution in [2.75, 3.05) is 5.32 Å². The second kappa shape index (κ2) is 8.73. The Morgan fingerprint density at radius 3 is 2.52 bits per heavy atom. The molecule has 0 aliphatic carbocycles. The summed E-state index contributed by atoms with van der Waals surface area (Å²) in [6.07, 6.45) is -5.84. The molecular formula is C19H17ClF4N6O3. The van der Waals surface area contributed by atoms with Gasteiger partial charge in [0.2, 0.25) is 0 Å². The molecule has 1 aromatic carbocycles. The number of alkyl halides is 3. The fraction of sp³-hybridized carbons (Fsp3) is 0.263. The van der Waals surface area contributed by atoms with Crippen molar-refractivity contribution < 1.29 is 31.9 Å². The number of amides is 2. The summed E-state index contributed by atoms with van der Waals surface area (Å²) in [5.41, 5.74) is 4.69. The molecule has 0 aliphatic heterocycles. The molecule has 33 heavy (non-hydrogen) atoms. The van der Waals surface area contributed by atoms with Gasteiger partial charge in [-0.3, -0.25) is 14.7 Å². The molecule has 0 saturated carbocycles. The van der Waals surface area contributed by atoms with Gasteiger partial charge >= 0.3 is 6.18 Å². The van der Waals surface area contributed by atoms with Gasteiger partial charge in [-0.05, 0) is 26.0 Å². The van der Waals surface area contributed by atoms with Crippen LogP contribution in [0, 0.1) is 12.7 Å². The van der Waals surface area contributed by atoms with Gasteiger partial charge in [-0.1, -0.05) is 11.6 Å². The Hall–Kier alpha value is -3.61. The minimum atomic E-state index is -4.77. The smallest absolute Gasteiger partial charge is 0.425 e. The summed E-state index contributed by atoms with van der Waals surface area (Å²) in [7, 11) is 1.43. The van der Waals surface area contributed by atoms with Crippen molar-refractivity contribution >= 4 is 29.1 Å². The number of nitrogens with two attached hydrogens (primary N) is 1. The highest BCUT2D eigenvalue weighted by Gasteiger charge is 2.39. The summed E-state index contributed by atoms with van der Waals surface area (Å²) in [5, 5.41) is 8.47. The highest BCUT2D eigenvalue weighted by Crippen LogP contribution is 2.34. The summed E-state index contributed by atoms with van der Waals surface area (Å²) < 4.78 is 60.5. The largest absolute Gasteiger partial charge is 0.480 e. The van der Waals surface area contributed by atoms with E-state index in [1.807, 2.05) is 0 Å². The number of ether oxygens (including phenoxy) is 1. The van der Waals surface area contributed by atoms with E-state index in [-0.39, 0.29) is 27.9 Å². The van der Waals surface area contributed by atoms with Gasteiger partial charge < -0.3 is 20.4 Å². The lowest BCUT2D eigenvalue weighted by Gasteiger charge is -2.20. The van der Waals surface area contributed by atoms with Crippen molar-refractivity contribution in [1.29, 1.82) is 0 Å². The SMILES string of the molecule is Cc1[nH]nc(Cl)c1NC(=O)c1cc(F)c(-c2cn(C)c(C(N)=O)n2)cc1OC(C)C(F)(F)F. The topological polar surface area (TPSA) is 128 Å². The van der Waals surface area contributed by atoms with E-state index in [0.29, 0.717) is 11.8 Å². The van der Waals surface area contributed by atoms with E-state index in [0.717, 1.165) is 13.0 Å². The van der Waals surface area contributed by atoms with Gasteiger partial charge in [0.25, 0.3) is 11.8 Å². The van der Waals surface area contributed by atoms with Crippen molar-refractivity contribution in [1.82, 2.24) is 19.7 Å². The van der Waals surface area contributed by atoms with Crippen molar-refractivity contribution in [3.63, 3.8) is 0 Å². The molecule has 176 valence electrons. The molecule has 4 N–H and O–H groups in total. The summed E-state index contributed by atoms with van der Waals surface area (Å²) in [6, 6.07) is 1.59. The summed E-state index contributed by atoms with van der Waals surface area (Å²) in [6.45, 7) is 2.27. The van der Waals surface area contributed by atoms with Crippen LogP contribution in [0.15, 0.2) is 18.3 Å². The maximum Gasteiger partial charge on any atom is 0.425 e. The number of primary amides is 1. The van der Waals surface area contributed by atoms with E-state index in [9.17, 15) is 27.2 Å². The van der Waals surface area contributed by atoms with E-state index in [4.69, 9.17) is 22.1 Å². The number of halogens is 5. The first-order chi connectivity index (χ1) is 15.3. The Bertz CT molecular complexity index is 1220. The normalized spacial score (nSPS) is 12.5. The molecule has 0 spiro atoms. The van der Waals surface area contributed by atoms with Crippen molar-refractivity contribution in [2.45, 2.75) is 26.1 Å². The number of nitrogens with one attached hydrogen (secondary N) is 2. The number of rotatable bonds is 6. The van der Waals surface area contributed by atoms with Gasteiger partial charge in [0.05, 0.1) is 17.0 Å². The highest BCUT2D eigenvalue weighted by atomic mass is 35.5. The first kappa shape index (κ1) is 24.0. The molecule has 2 heterocycles. The number of hydrogen-bond acceptors (Lipinski definition) is 5. The first-order valence-corrected chi connectivity index (χ1v) is 9.59. The van der Waals surface area contributed by atoms with Gasteiger partial charge in [-0.15, -0.1) is 0 Å². The van der Waals surface area contributed by atoms with Crippen LogP contribution in [0.4, 0.5) is 23.2 Å². The molecule has 2 amide bonds.